The quantitative estimate of drug-likeness (QED) is 0.190. The lowest BCUT2D eigenvalue weighted by Gasteiger charge is -2.23. The Morgan fingerprint density at radius 1 is 0.627 bits per heavy atom. The van der Waals surface area contributed by atoms with Crippen molar-refractivity contribution in [3.63, 3.8) is 0 Å². The summed E-state index contributed by atoms with van der Waals surface area (Å²) in [7, 11) is 0. The SMILES string of the molecule is N#Cc1ccc2c3ccccc3n(-c3ccc(C4=CC(c5c(C#N)cccc5-n5c6c(c7ccccc75)C=CC(C#N)C=C6)CC=C4)cc3)c2c1. The fourth-order valence-electron chi connectivity index (χ4n) is 7.86. The molecule has 0 saturated heterocycles. The summed E-state index contributed by atoms with van der Waals surface area (Å²) in [5.74, 6) is -0.342. The van der Waals surface area contributed by atoms with Crippen LogP contribution >= 0.6 is 0 Å². The third-order valence-electron chi connectivity index (χ3n) is 10.2. The third kappa shape index (κ3) is 4.82. The largest absolute Gasteiger partial charge is 0.309 e. The monoisotopic (exact) mass is 651 g/mol. The maximum Gasteiger partial charge on any atom is 0.0995 e. The van der Waals surface area contributed by atoms with Crippen molar-refractivity contribution in [2.75, 3.05) is 0 Å². The molecular weight excluding hydrogens is 623 g/mol. The highest BCUT2D eigenvalue weighted by Gasteiger charge is 2.25. The molecule has 51 heavy (non-hydrogen) atoms. The van der Waals surface area contributed by atoms with Crippen molar-refractivity contribution >= 4 is 50.4 Å². The van der Waals surface area contributed by atoms with Gasteiger partial charge in [-0.1, -0.05) is 97.1 Å². The van der Waals surface area contributed by atoms with Gasteiger partial charge in [-0.15, -0.1) is 0 Å². The molecule has 0 aliphatic heterocycles. The van der Waals surface area contributed by atoms with E-state index in [2.05, 4.69) is 106 Å². The van der Waals surface area contributed by atoms with Crippen molar-refractivity contribution in [1.82, 2.24) is 9.13 Å². The molecule has 0 fully saturated rings. The van der Waals surface area contributed by atoms with Crippen molar-refractivity contribution < 1.29 is 0 Å². The van der Waals surface area contributed by atoms with Gasteiger partial charge in [0.2, 0.25) is 0 Å². The Kier molecular flexibility index (Phi) is 7.10. The van der Waals surface area contributed by atoms with Crippen molar-refractivity contribution in [3.8, 4) is 29.6 Å². The molecule has 5 heteroatoms. The highest BCUT2D eigenvalue weighted by atomic mass is 15.0. The Bertz CT molecular complexity index is 2810. The van der Waals surface area contributed by atoms with E-state index < -0.39 is 0 Å². The van der Waals surface area contributed by atoms with Crippen LogP contribution in [0.15, 0.2) is 140 Å². The predicted octanol–water partition coefficient (Wildman–Crippen LogP) is 10.8. The zero-order valence-corrected chi connectivity index (χ0v) is 27.5. The second kappa shape index (κ2) is 12.1. The first-order valence-electron chi connectivity index (χ1n) is 17.0. The molecule has 0 N–H and O–H groups in total. The van der Waals surface area contributed by atoms with Gasteiger partial charge in [0.15, 0.2) is 0 Å². The standard InChI is InChI=1S/C46H29N5/c47-27-30-15-22-39-37-10-2-4-13-42(37)51(43(39)24-17-30)44-14-6-9-35(29-49)46(44)34-8-5-7-33(26-34)32-18-20-36(21-19-32)50-41-12-3-1-11-38(41)40-23-16-31(28-48)25-45(40)50/h1-7,9-26,30,34H,8H2. The number of rotatable bonds is 4. The Morgan fingerprint density at radius 2 is 1.37 bits per heavy atom. The zero-order chi connectivity index (χ0) is 34.5. The molecule has 2 aliphatic rings. The predicted molar refractivity (Wildman–Crippen MR) is 205 cm³/mol. The lowest BCUT2D eigenvalue weighted by Crippen LogP contribution is -2.09. The van der Waals surface area contributed by atoms with Crippen LogP contribution in [0, 0.1) is 39.9 Å². The molecule has 2 aliphatic carbocycles. The summed E-state index contributed by atoms with van der Waals surface area (Å²) in [6.45, 7) is 0. The van der Waals surface area contributed by atoms with Gasteiger partial charge in [-0.25, -0.2) is 0 Å². The normalized spacial score (nSPS) is 16.4. The van der Waals surface area contributed by atoms with Crippen LogP contribution in [0.5, 0.6) is 0 Å². The van der Waals surface area contributed by atoms with E-state index in [4.69, 9.17) is 0 Å². The minimum Gasteiger partial charge on any atom is -0.309 e. The van der Waals surface area contributed by atoms with E-state index in [1.165, 1.54) is 0 Å². The Balaban J connectivity index is 1.15. The number of nitrogens with zero attached hydrogens (tertiary/aromatic N) is 5. The van der Waals surface area contributed by atoms with E-state index in [9.17, 15) is 15.8 Å². The van der Waals surface area contributed by atoms with Crippen LogP contribution in [0.1, 0.15) is 45.8 Å². The minimum atomic E-state index is -0.306. The fraction of sp³-hybridized carbons (Fsp3) is 0.0652. The number of allylic oxidation sites excluding steroid dienone is 6. The molecule has 5 nitrogen and oxygen atoms in total. The van der Waals surface area contributed by atoms with E-state index in [1.807, 2.05) is 72.8 Å². The van der Waals surface area contributed by atoms with Crippen LogP contribution < -0.4 is 0 Å². The average molecular weight is 652 g/mol. The summed E-state index contributed by atoms with van der Waals surface area (Å²) >= 11 is 0. The number of fused-ring (bicyclic) bond motifs is 6. The van der Waals surface area contributed by atoms with E-state index >= 15 is 0 Å². The molecule has 9 rings (SSSR count). The van der Waals surface area contributed by atoms with Crippen LogP contribution in [-0.2, 0) is 0 Å². The molecule has 2 heterocycles. The van der Waals surface area contributed by atoms with Gasteiger partial charge in [0.1, 0.15) is 0 Å². The van der Waals surface area contributed by atoms with Crippen LogP contribution in [0.25, 0.3) is 61.8 Å². The Hall–Kier alpha value is -7.13. The molecule has 0 spiro atoms. The molecule has 0 saturated carbocycles. The average Bonchev–Trinajstić information content (AvgIpc) is 3.59. The molecule has 2 atom stereocenters. The highest BCUT2D eigenvalue weighted by Crippen LogP contribution is 2.41. The first kappa shape index (κ1) is 30.0. The van der Waals surface area contributed by atoms with Gasteiger partial charge in [-0.3, -0.25) is 0 Å². The van der Waals surface area contributed by atoms with Crippen molar-refractivity contribution in [2.45, 2.75) is 12.3 Å². The number of para-hydroxylation sites is 2. The lowest BCUT2D eigenvalue weighted by atomic mass is 9.84. The Morgan fingerprint density at radius 3 is 2.16 bits per heavy atom. The summed E-state index contributed by atoms with van der Waals surface area (Å²) in [5.41, 5.74) is 11.7. The topological polar surface area (TPSA) is 81.2 Å². The Labute approximate surface area is 295 Å². The second-order valence-corrected chi connectivity index (χ2v) is 13.0. The molecule has 2 unspecified atom stereocenters. The molecule has 2 aromatic heterocycles. The van der Waals surface area contributed by atoms with Gasteiger partial charge < -0.3 is 9.13 Å². The van der Waals surface area contributed by atoms with E-state index in [0.717, 1.165) is 78.5 Å². The number of aromatic nitrogens is 2. The first-order chi connectivity index (χ1) is 25.2. The van der Waals surface area contributed by atoms with Gasteiger partial charge in [-0.05, 0) is 72.2 Å². The third-order valence-corrected chi connectivity index (χ3v) is 10.2. The molecule has 0 amide bonds. The van der Waals surface area contributed by atoms with E-state index in [-0.39, 0.29) is 11.8 Å². The number of hydrogen-bond donors (Lipinski definition) is 0. The fourth-order valence-corrected chi connectivity index (χ4v) is 7.86. The number of benzene rings is 5. The maximum atomic E-state index is 10.4. The van der Waals surface area contributed by atoms with E-state index in [0.29, 0.717) is 11.1 Å². The van der Waals surface area contributed by atoms with Crippen LogP contribution in [-0.4, -0.2) is 9.13 Å². The van der Waals surface area contributed by atoms with Crippen molar-refractivity contribution in [3.05, 3.63) is 173 Å². The van der Waals surface area contributed by atoms with Crippen LogP contribution in [0.3, 0.4) is 0 Å². The summed E-state index contributed by atoms with van der Waals surface area (Å²) in [6.07, 6.45) is 15.4. The smallest absolute Gasteiger partial charge is 0.0995 e. The molecule has 238 valence electrons. The van der Waals surface area contributed by atoms with Gasteiger partial charge in [0, 0.05) is 38.9 Å². The molecule has 0 radical (unpaired) electrons. The lowest BCUT2D eigenvalue weighted by molar-refractivity contribution is 0.839. The van der Waals surface area contributed by atoms with Crippen molar-refractivity contribution in [2.24, 2.45) is 5.92 Å². The number of hydrogen-bond acceptors (Lipinski definition) is 3. The summed E-state index contributed by atoms with van der Waals surface area (Å²) in [5, 5.41) is 33.1. The first-order valence-corrected chi connectivity index (χ1v) is 17.0. The summed E-state index contributed by atoms with van der Waals surface area (Å²) in [6, 6.07) is 44.3. The molecule has 7 aromatic rings. The molecule has 5 aromatic carbocycles. The van der Waals surface area contributed by atoms with Gasteiger partial charge >= 0.3 is 0 Å². The van der Waals surface area contributed by atoms with Crippen LogP contribution in [0.2, 0.25) is 0 Å². The highest BCUT2D eigenvalue weighted by molar-refractivity contribution is 6.09. The van der Waals surface area contributed by atoms with Crippen LogP contribution in [0.4, 0.5) is 0 Å². The number of nitriles is 3. The van der Waals surface area contributed by atoms with Crippen molar-refractivity contribution in [1.29, 1.82) is 15.8 Å². The molecular formula is C46H29N5. The summed E-state index contributed by atoms with van der Waals surface area (Å²) in [4.78, 5) is 0. The van der Waals surface area contributed by atoms with Gasteiger partial charge in [-0.2, -0.15) is 15.8 Å². The summed E-state index contributed by atoms with van der Waals surface area (Å²) < 4.78 is 4.48. The molecule has 0 bridgehead atoms. The van der Waals surface area contributed by atoms with E-state index in [1.54, 1.807) is 0 Å². The minimum absolute atomic E-state index is 0.0359. The second-order valence-electron chi connectivity index (χ2n) is 13.0. The van der Waals surface area contributed by atoms with Gasteiger partial charge in [0.25, 0.3) is 0 Å². The van der Waals surface area contributed by atoms with Gasteiger partial charge in [0.05, 0.1) is 63.2 Å². The maximum absolute atomic E-state index is 10.4. The zero-order valence-electron chi connectivity index (χ0n) is 27.5.